The van der Waals surface area contributed by atoms with Gasteiger partial charge in [-0.1, -0.05) is 17.7 Å². The van der Waals surface area contributed by atoms with E-state index in [-0.39, 0.29) is 30.9 Å². The molecule has 2 aromatic rings. The molecule has 25 heavy (non-hydrogen) atoms. The highest BCUT2D eigenvalue weighted by Gasteiger charge is 2.33. The van der Waals surface area contributed by atoms with E-state index < -0.39 is 11.7 Å². The fourth-order valence-electron chi connectivity index (χ4n) is 2.85. The zero-order valence-corrected chi connectivity index (χ0v) is 16.3. The van der Waals surface area contributed by atoms with E-state index in [0.29, 0.717) is 10.6 Å². The Morgan fingerprint density at radius 1 is 1.12 bits per heavy atom. The smallest absolute Gasteiger partial charge is 0.314 e. The molecule has 9 heteroatoms. The third-order valence-electron chi connectivity index (χ3n) is 3.95. The largest absolute Gasteiger partial charge is 0.416 e. The third kappa shape index (κ3) is 5.25. The zero-order chi connectivity index (χ0) is 16.4. The van der Waals surface area contributed by atoms with Crippen LogP contribution in [0.4, 0.5) is 13.2 Å². The van der Waals surface area contributed by atoms with Gasteiger partial charge in [0, 0.05) is 36.1 Å². The van der Waals surface area contributed by atoms with Gasteiger partial charge in [0.05, 0.1) is 11.6 Å². The fraction of sp³-hybridized carbons (Fsp3) is 0.375. The van der Waals surface area contributed by atoms with Gasteiger partial charge in [0.15, 0.2) is 0 Å². The Balaban J connectivity index is 0.00000156. The lowest BCUT2D eigenvalue weighted by molar-refractivity contribution is -0.137. The zero-order valence-electron chi connectivity index (χ0n) is 13.1. The lowest BCUT2D eigenvalue weighted by atomic mass is 10.00. The Morgan fingerprint density at radius 3 is 2.36 bits per heavy atom. The highest BCUT2D eigenvalue weighted by atomic mass is 35.5. The number of nitrogens with one attached hydrogen (secondary N) is 1. The van der Waals surface area contributed by atoms with Crippen molar-refractivity contribution < 1.29 is 13.2 Å². The molecule has 2 nitrogen and oxygen atoms in total. The molecule has 1 saturated heterocycles. The van der Waals surface area contributed by atoms with Gasteiger partial charge >= 0.3 is 6.18 Å². The molecular formula is C16H18Cl3F3N2S. The Labute approximate surface area is 166 Å². The van der Waals surface area contributed by atoms with E-state index >= 15 is 0 Å². The molecule has 1 aliphatic heterocycles. The van der Waals surface area contributed by atoms with Crippen molar-refractivity contribution in [2.75, 3.05) is 26.2 Å². The fourth-order valence-corrected chi connectivity index (χ4v) is 3.94. The molecule has 3 rings (SSSR count). The number of nitrogens with zero attached hydrogens (tertiary/aromatic N) is 1. The summed E-state index contributed by atoms with van der Waals surface area (Å²) in [6, 6.07) is 7.20. The van der Waals surface area contributed by atoms with Gasteiger partial charge in [-0.05, 0) is 35.2 Å². The minimum Gasteiger partial charge on any atom is -0.314 e. The molecule has 1 aromatic heterocycles. The lowest BCUT2D eigenvalue weighted by Crippen LogP contribution is -2.45. The molecule has 1 N–H and O–H groups in total. The van der Waals surface area contributed by atoms with Gasteiger partial charge in [-0.3, -0.25) is 4.90 Å². The van der Waals surface area contributed by atoms with E-state index in [2.05, 4.69) is 10.2 Å². The van der Waals surface area contributed by atoms with Crippen LogP contribution in [0.2, 0.25) is 5.02 Å². The predicted octanol–water partition coefficient (Wildman–Crippen LogP) is 5.26. The molecule has 0 saturated carbocycles. The van der Waals surface area contributed by atoms with Gasteiger partial charge in [0.2, 0.25) is 0 Å². The average Bonchev–Trinajstić information content (AvgIpc) is 3.03. The van der Waals surface area contributed by atoms with Crippen molar-refractivity contribution >= 4 is 47.8 Å². The minimum absolute atomic E-state index is 0. The standard InChI is InChI=1S/C16H16ClF3N2S.2ClH/c17-13-4-3-11(16(18,19)20)10-12(13)15(14-2-1-9-23-14)22-7-5-21-6-8-22;;/h1-4,9-10,15,21H,5-8H2;2*1H/t15-;;/m1../s1. The minimum atomic E-state index is -4.37. The molecule has 1 atom stereocenters. The Morgan fingerprint density at radius 2 is 1.80 bits per heavy atom. The Hall–Kier alpha value is -0.500. The molecule has 2 heterocycles. The third-order valence-corrected chi connectivity index (χ3v) is 5.22. The second-order valence-corrected chi connectivity index (χ2v) is 6.82. The number of benzene rings is 1. The number of hydrogen-bond donors (Lipinski definition) is 1. The summed E-state index contributed by atoms with van der Waals surface area (Å²) in [5.74, 6) is 0. The number of rotatable bonds is 3. The summed E-state index contributed by atoms with van der Waals surface area (Å²) < 4.78 is 39.3. The summed E-state index contributed by atoms with van der Waals surface area (Å²) in [5, 5.41) is 5.57. The van der Waals surface area contributed by atoms with E-state index in [4.69, 9.17) is 11.6 Å². The Bertz CT molecular complexity index is 659. The maximum Gasteiger partial charge on any atom is 0.416 e. The van der Waals surface area contributed by atoms with Crippen molar-refractivity contribution in [2.45, 2.75) is 12.2 Å². The van der Waals surface area contributed by atoms with Crippen LogP contribution in [0.3, 0.4) is 0 Å². The van der Waals surface area contributed by atoms with Crippen LogP contribution >= 0.6 is 47.8 Å². The van der Waals surface area contributed by atoms with Crippen LogP contribution in [0.25, 0.3) is 0 Å². The van der Waals surface area contributed by atoms with Gasteiger partial charge < -0.3 is 5.32 Å². The second-order valence-electron chi connectivity index (χ2n) is 5.44. The predicted molar refractivity (Wildman–Crippen MR) is 102 cm³/mol. The molecule has 0 radical (unpaired) electrons. The molecule has 0 amide bonds. The quantitative estimate of drug-likeness (QED) is 0.710. The first-order chi connectivity index (χ1) is 11.0. The average molecular weight is 434 g/mol. The number of thiophene rings is 1. The summed E-state index contributed by atoms with van der Waals surface area (Å²) in [6.45, 7) is 3.18. The van der Waals surface area contributed by atoms with Crippen molar-refractivity contribution in [3.63, 3.8) is 0 Å². The summed E-state index contributed by atoms with van der Waals surface area (Å²) in [4.78, 5) is 3.19. The Kier molecular flexibility index (Phi) is 8.51. The van der Waals surface area contributed by atoms with Crippen molar-refractivity contribution in [3.8, 4) is 0 Å². The SMILES string of the molecule is Cl.Cl.FC(F)(F)c1ccc(Cl)c([C@H](c2cccs2)N2CCNCC2)c1. The number of halogens is 6. The highest BCUT2D eigenvalue weighted by molar-refractivity contribution is 7.10. The molecule has 0 bridgehead atoms. The summed E-state index contributed by atoms with van der Waals surface area (Å²) in [7, 11) is 0. The summed E-state index contributed by atoms with van der Waals surface area (Å²) in [5.41, 5.74) is -0.139. The summed E-state index contributed by atoms with van der Waals surface area (Å²) in [6.07, 6.45) is -4.37. The van der Waals surface area contributed by atoms with E-state index in [1.165, 1.54) is 23.5 Å². The second kappa shape index (κ2) is 9.44. The normalized spacial score (nSPS) is 16.6. The van der Waals surface area contributed by atoms with Crippen LogP contribution in [0.5, 0.6) is 0 Å². The molecule has 0 spiro atoms. The van der Waals surface area contributed by atoms with Crippen LogP contribution in [0.1, 0.15) is 22.0 Å². The van der Waals surface area contributed by atoms with Gasteiger partial charge in [0.25, 0.3) is 0 Å². The maximum atomic E-state index is 13.1. The van der Waals surface area contributed by atoms with Crippen molar-refractivity contribution in [1.82, 2.24) is 10.2 Å². The van der Waals surface area contributed by atoms with Gasteiger partial charge in [-0.25, -0.2) is 0 Å². The van der Waals surface area contributed by atoms with Crippen LogP contribution < -0.4 is 5.32 Å². The lowest BCUT2D eigenvalue weighted by Gasteiger charge is -2.35. The van der Waals surface area contributed by atoms with Gasteiger partial charge in [0.1, 0.15) is 0 Å². The van der Waals surface area contributed by atoms with Gasteiger partial charge in [-0.2, -0.15) is 13.2 Å². The molecule has 1 fully saturated rings. The molecular weight excluding hydrogens is 416 g/mol. The van der Waals surface area contributed by atoms with Crippen molar-refractivity contribution in [2.24, 2.45) is 0 Å². The number of alkyl halides is 3. The van der Waals surface area contributed by atoms with Crippen molar-refractivity contribution in [1.29, 1.82) is 0 Å². The summed E-state index contributed by atoms with van der Waals surface area (Å²) >= 11 is 7.81. The monoisotopic (exact) mass is 432 g/mol. The maximum absolute atomic E-state index is 13.1. The van der Waals surface area contributed by atoms with Crippen LogP contribution in [0.15, 0.2) is 35.7 Å². The molecule has 0 aliphatic carbocycles. The van der Waals surface area contributed by atoms with E-state index in [1.807, 2.05) is 17.5 Å². The van der Waals surface area contributed by atoms with Crippen LogP contribution in [0, 0.1) is 0 Å². The highest BCUT2D eigenvalue weighted by Crippen LogP contribution is 2.39. The molecule has 1 aliphatic rings. The van der Waals surface area contributed by atoms with Gasteiger partial charge in [-0.15, -0.1) is 36.2 Å². The first-order valence-electron chi connectivity index (χ1n) is 7.31. The van der Waals surface area contributed by atoms with Crippen LogP contribution in [-0.4, -0.2) is 31.1 Å². The van der Waals surface area contributed by atoms with Crippen LogP contribution in [-0.2, 0) is 6.18 Å². The van der Waals surface area contributed by atoms with E-state index in [0.717, 1.165) is 37.1 Å². The first kappa shape index (κ1) is 22.5. The number of hydrogen-bond acceptors (Lipinski definition) is 3. The molecule has 1 aromatic carbocycles. The van der Waals surface area contributed by atoms with Crippen molar-refractivity contribution in [3.05, 3.63) is 56.7 Å². The molecule has 0 unspecified atom stereocenters. The number of piperazine rings is 1. The first-order valence-corrected chi connectivity index (χ1v) is 8.57. The van der Waals surface area contributed by atoms with E-state index in [9.17, 15) is 13.2 Å². The van der Waals surface area contributed by atoms with E-state index in [1.54, 1.807) is 0 Å². The topological polar surface area (TPSA) is 15.3 Å². The molecule has 140 valence electrons.